The van der Waals surface area contributed by atoms with Crippen LogP contribution in [0.3, 0.4) is 0 Å². The summed E-state index contributed by atoms with van der Waals surface area (Å²) in [6.45, 7) is 2.89. The van der Waals surface area contributed by atoms with Gasteiger partial charge in [0.15, 0.2) is 0 Å². The summed E-state index contributed by atoms with van der Waals surface area (Å²) in [4.78, 5) is 2.33. The van der Waals surface area contributed by atoms with Crippen molar-refractivity contribution in [3.05, 3.63) is 29.8 Å². The minimum absolute atomic E-state index is 0.626. The summed E-state index contributed by atoms with van der Waals surface area (Å²) in [5.41, 5.74) is 7.57. The maximum atomic E-state index is 8.69. The Morgan fingerprint density at radius 3 is 2.67 bits per heavy atom. The highest BCUT2D eigenvalue weighted by atomic mass is 15.2. The molecular formula is C12H15N3. The molecule has 3 heteroatoms. The van der Waals surface area contributed by atoms with Crippen LogP contribution >= 0.6 is 0 Å². The summed E-state index contributed by atoms with van der Waals surface area (Å²) < 4.78 is 0. The van der Waals surface area contributed by atoms with E-state index in [0.717, 1.165) is 19.6 Å². The van der Waals surface area contributed by atoms with Crippen LogP contribution in [0.5, 0.6) is 0 Å². The Morgan fingerprint density at radius 1 is 1.40 bits per heavy atom. The van der Waals surface area contributed by atoms with Crippen molar-refractivity contribution in [3.63, 3.8) is 0 Å². The Balaban J connectivity index is 2.08. The minimum Gasteiger partial charge on any atom is -0.371 e. The number of nitrogens with two attached hydrogens (primary N) is 1. The average Bonchev–Trinajstić information content (AvgIpc) is 2.78. The number of rotatable bonds is 2. The molecule has 78 valence electrons. The number of hydrogen-bond donors (Lipinski definition) is 1. The van der Waals surface area contributed by atoms with Crippen LogP contribution in [0.25, 0.3) is 0 Å². The van der Waals surface area contributed by atoms with Gasteiger partial charge < -0.3 is 10.6 Å². The molecule has 1 aromatic rings. The number of nitrogens with zero attached hydrogens (tertiary/aromatic N) is 2. The van der Waals surface area contributed by atoms with Crippen molar-refractivity contribution in [1.82, 2.24) is 0 Å². The Hall–Kier alpha value is -1.53. The SMILES string of the molecule is N#Cc1ccc(N2CCC(CN)C2)cc1. The summed E-state index contributed by atoms with van der Waals surface area (Å²) in [7, 11) is 0. The highest BCUT2D eigenvalue weighted by molar-refractivity contribution is 5.50. The molecule has 0 radical (unpaired) electrons. The topological polar surface area (TPSA) is 53.0 Å². The van der Waals surface area contributed by atoms with Gasteiger partial charge in [-0.05, 0) is 43.1 Å². The highest BCUT2D eigenvalue weighted by Gasteiger charge is 2.20. The molecule has 1 heterocycles. The predicted molar refractivity (Wildman–Crippen MR) is 60.5 cm³/mol. The van der Waals surface area contributed by atoms with E-state index in [1.807, 2.05) is 24.3 Å². The summed E-state index contributed by atoms with van der Waals surface area (Å²) in [6.07, 6.45) is 1.18. The van der Waals surface area contributed by atoms with Gasteiger partial charge >= 0.3 is 0 Å². The molecule has 0 saturated carbocycles. The van der Waals surface area contributed by atoms with Gasteiger partial charge in [-0.1, -0.05) is 0 Å². The molecule has 2 rings (SSSR count). The van der Waals surface area contributed by atoms with Crippen LogP contribution in [0.1, 0.15) is 12.0 Å². The first-order valence-corrected chi connectivity index (χ1v) is 5.28. The Morgan fingerprint density at radius 2 is 2.13 bits per heavy atom. The second-order valence-electron chi connectivity index (χ2n) is 4.00. The Kier molecular flexibility index (Phi) is 2.89. The minimum atomic E-state index is 0.626. The molecule has 0 spiro atoms. The van der Waals surface area contributed by atoms with Crippen molar-refractivity contribution < 1.29 is 0 Å². The first kappa shape index (κ1) is 10.0. The largest absolute Gasteiger partial charge is 0.371 e. The van der Waals surface area contributed by atoms with E-state index in [-0.39, 0.29) is 0 Å². The molecule has 1 saturated heterocycles. The zero-order valence-electron chi connectivity index (χ0n) is 8.69. The maximum absolute atomic E-state index is 8.69. The summed E-state index contributed by atoms with van der Waals surface area (Å²) in [6, 6.07) is 9.88. The van der Waals surface area contributed by atoms with Gasteiger partial charge in [-0.25, -0.2) is 0 Å². The first-order chi connectivity index (χ1) is 7.33. The van der Waals surface area contributed by atoms with Crippen LogP contribution in [-0.2, 0) is 0 Å². The van der Waals surface area contributed by atoms with Crippen LogP contribution in [-0.4, -0.2) is 19.6 Å². The fourth-order valence-electron chi connectivity index (χ4n) is 2.01. The van der Waals surface area contributed by atoms with Crippen molar-refractivity contribution in [2.75, 3.05) is 24.5 Å². The van der Waals surface area contributed by atoms with Gasteiger partial charge in [-0.2, -0.15) is 5.26 Å². The lowest BCUT2D eigenvalue weighted by Crippen LogP contribution is -2.22. The van der Waals surface area contributed by atoms with Crippen molar-refractivity contribution in [3.8, 4) is 6.07 Å². The van der Waals surface area contributed by atoms with Crippen LogP contribution in [0.2, 0.25) is 0 Å². The first-order valence-electron chi connectivity index (χ1n) is 5.28. The average molecular weight is 201 g/mol. The van der Waals surface area contributed by atoms with Crippen LogP contribution < -0.4 is 10.6 Å². The van der Waals surface area contributed by atoms with E-state index in [1.165, 1.54) is 12.1 Å². The number of anilines is 1. The summed E-state index contributed by atoms with van der Waals surface area (Å²) in [5.74, 6) is 0.626. The summed E-state index contributed by atoms with van der Waals surface area (Å²) in [5, 5.41) is 8.69. The van der Waals surface area contributed by atoms with Crippen molar-refractivity contribution in [2.24, 2.45) is 11.7 Å². The third-order valence-corrected chi connectivity index (χ3v) is 2.98. The van der Waals surface area contributed by atoms with Gasteiger partial charge in [0.1, 0.15) is 0 Å². The predicted octanol–water partition coefficient (Wildman–Crippen LogP) is 1.34. The van der Waals surface area contributed by atoms with E-state index in [9.17, 15) is 0 Å². The van der Waals surface area contributed by atoms with E-state index in [1.54, 1.807) is 0 Å². The van der Waals surface area contributed by atoms with Crippen molar-refractivity contribution in [1.29, 1.82) is 5.26 Å². The van der Waals surface area contributed by atoms with Crippen LogP contribution in [0.15, 0.2) is 24.3 Å². The van der Waals surface area contributed by atoms with Gasteiger partial charge in [0.25, 0.3) is 0 Å². The fourth-order valence-corrected chi connectivity index (χ4v) is 2.01. The monoisotopic (exact) mass is 201 g/mol. The second-order valence-corrected chi connectivity index (χ2v) is 4.00. The molecule has 0 bridgehead atoms. The van der Waals surface area contributed by atoms with Gasteiger partial charge in [0.05, 0.1) is 11.6 Å². The number of benzene rings is 1. The number of hydrogen-bond acceptors (Lipinski definition) is 3. The van der Waals surface area contributed by atoms with E-state index < -0.39 is 0 Å². The molecule has 1 atom stereocenters. The van der Waals surface area contributed by atoms with Crippen LogP contribution in [0, 0.1) is 17.2 Å². The zero-order chi connectivity index (χ0) is 10.7. The molecule has 1 aliphatic rings. The molecule has 1 aliphatic heterocycles. The fraction of sp³-hybridized carbons (Fsp3) is 0.417. The van der Waals surface area contributed by atoms with Crippen molar-refractivity contribution in [2.45, 2.75) is 6.42 Å². The van der Waals surface area contributed by atoms with Gasteiger partial charge in [-0.15, -0.1) is 0 Å². The van der Waals surface area contributed by atoms with E-state index in [4.69, 9.17) is 11.0 Å². The normalized spacial score (nSPS) is 20.3. The maximum Gasteiger partial charge on any atom is 0.0991 e. The van der Waals surface area contributed by atoms with Gasteiger partial charge in [-0.3, -0.25) is 0 Å². The third-order valence-electron chi connectivity index (χ3n) is 2.98. The molecule has 15 heavy (non-hydrogen) atoms. The van der Waals surface area contributed by atoms with Crippen molar-refractivity contribution >= 4 is 5.69 Å². The summed E-state index contributed by atoms with van der Waals surface area (Å²) >= 11 is 0. The third kappa shape index (κ3) is 2.11. The lowest BCUT2D eigenvalue weighted by molar-refractivity contribution is 0.602. The lowest BCUT2D eigenvalue weighted by atomic mass is 10.1. The van der Waals surface area contributed by atoms with Gasteiger partial charge in [0, 0.05) is 18.8 Å². The molecule has 2 N–H and O–H groups in total. The molecule has 1 fully saturated rings. The Bertz CT molecular complexity index is 363. The van der Waals surface area contributed by atoms with Crippen LogP contribution in [0.4, 0.5) is 5.69 Å². The molecular weight excluding hydrogens is 186 g/mol. The molecule has 1 unspecified atom stereocenters. The van der Waals surface area contributed by atoms with E-state index in [0.29, 0.717) is 11.5 Å². The van der Waals surface area contributed by atoms with E-state index in [2.05, 4.69) is 11.0 Å². The standard InChI is InChI=1S/C12H15N3/c13-7-10-1-3-12(4-2-10)15-6-5-11(8-14)9-15/h1-4,11H,5-6,8-9,14H2. The smallest absolute Gasteiger partial charge is 0.0991 e. The Labute approximate surface area is 90.1 Å². The highest BCUT2D eigenvalue weighted by Crippen LogP contribution is 2.23. The number of nitriles is 1. The quantitative estimate of drug-likeness (QED) is 0.785. The second kappa shape index (κ2) is 4.33. The molecule has 3 nitrogen and oxygen atoms in total. The molecule has 0 amide bonds. The molecule has 1 aromatic carbocycles. The zero-order valence-corrected chi connectivity index (χ0v) is 8.69. The van der Waals surface area contributed by atoms with Gasteiger partial charge in [0.2, 0.25) is 0 Å². The van der Waals surface area contributed by atoms with E-state index >= 15 is 0 Å². The molecule has 0 aliphatic carbocycles. The molecule has 0 aromatic heterocycles. The lowest BCUT2D eigenvalue weighted by Gasteiger charge is -2.18.